The lowest BCUT2D eigenvalue weighted by molar-refractivity contribution is 0.0994. The Labute approximate surface area is 153 Å². The van der Waals surface area contributed by atoms with Gasteiger partial charge in [-0.15, -0.1) is 10.2 Å². The number of ketones is 1. The second kappa shape index (κ2) is 7.76. The fraction of sp³-hybridized carbons (Fsp3) is 0.167. The Morgan fingerprint density at radius 1 is 1.16 bits per heavy atom. The number of carbonyl (C=O) groups is 1. The van der Waals surface area contributed by atoms with Crippen molar-refractivity contribution in [1.82, 2.24) is 10.2 Å². The van der Waals surface area contributed by atoms with E-state index in [9.17, 15) is 9.18 Å². The Hall–Kier alpha value is -2.25. The predicted octanol–water partition coefficient (Wildman–Crippen LogP) is 5.09. The molecule has 4 nitrogen and oxygen atoms in total. The van der Waals surface area contributed by atoms with Crippen LogP contribution in [0.4, 0.5) is 15.2 Å². The quantitative estimate of drug-likeness (QED) is 0.482. The topological polar surface area (TPSA) is 54.9 Å². The molecule has 0 fully saturated rings. The van der Waals surface area contributed by atoms with Crippen LogP contribution in [0, 0.1) is 12.7 Å². The van der Waals surface area contributed by atoms with Gasteiger partial charge in [0.05, 0.1) is 10.9 Å². The number of rotatable bonds is 6. The summed E-state index contributed by atoms with van der Waals surface area (Å²) >= 11 is 2.64. The molecule has 25 heavy (non-hydrogen) atoms. The Morgan fingerprint density at radius 2 is 1.88 bits per heavy atom. The smallest absolute Gasteiger partial charge is 0.210 e. The summed E-state index contributed by atoms with van der Waals surface area (Å²) in [6, 6.07) is 13.9. The third-order valence-electron chi connectivity index (χ3n) is 3.50. The monoisotopic (exact) mass is 373 g/mol. The highest BCUT2D eigenvalue weighted by Crippen LogP contribution is 2.32. The van der Waals surface area contributed by atoms with Crippen molar-refractivity contribution in [2.75, 3.05) is 5.32 Å². The molecule has 3 rings (SSSR count). The first kappa shape index (κ1) is 17.6. The number of nitrogens with one attached hydrogen (secondary N) is 1. The number of Topliss-reactive ketones (excluding diaryl/α,β-unsaturated/α-hetero) is 1. The molecule has 1 heterocycles. The molecule has 0 radical (unpaired) electrons. The number of benzene rings is 2. The van der Waals surface area contributed by atoms with Gasteiger partial charge < -0.3 is 5.32 Å². The zero-order chi connectivity index (χ0) is 17.8. The number of para-hydroxylation sites is 1. The Bertz CT molecular complexity index is 880. The number of hydrogen-bond acceptors (Lipinski definition) is 6. The highest BCUT2D eigenvalue weighted by atomic mass is 32.2. The summed E-state index contributed by atoms with van der Waals surface area (Å²) in [4.78, 5) is 12.5. The van der Waals surface area contributed by atoms with Crippen LogP contribution in [-0.4, -0.2) is 21.2 Å². The molecule has 128 valence electrons. The van der Waals surface area contributed by atoms with Crippen LogP contribution in [0.3, 0.4) is 0 Å². The second-order valence-electron chi connectivity index (χ2n) is 5.47. The molecule has 0 saturated carbocycles. The molecule has 0 amide bonds. The third-order valence-corrected chi connectivity index (χ3v) is 5.53. The first-order valence-corrected chi connectivity index (χ1v) is 9.35. The van der Waals surface area contributed by atoms with E-state index in [0.717, 1.165) is 5.56 Å². The highest BCUT2D eigenvalue weighted by molar-refractivity contribution is 8.02. The number of nitrogens with zero attached hydrogens (tertiary/aromatic N) is 2. The molecule has 0 spiro atoms. The van der Waals surface area contributed by atoms with Crippen LogP contribution in [0.25, 0.3) is 0 Å². The van der Waals surface area contributed by atoms with Crippen molar-refractivity contribution in [3.8, 4) is 0 Å². The Morgan fingerprint density at radius 3 is 2.60 bits per heavy atom. The van der Waals surface area contributed by atoms with Gasteiger partial charge in [0.15, 0.2) is 10.1 Å². The summed E-state index contributed by atoms with van der Waals surface area (Å²) in [7, 11) is 0. The lowest BCUT2D eigenvalue weighted by atomic mass is 10.1. The van der Waals surface area contributed by atoms with Crippen molar-refractivity contribution in [3.63, 3.8) is 0 Å². The van der Waals surface area contributed by atoms with Gasteiger partial charge in [-0.2, -0.15) is 0 Å². The molecule has 2 aromatic carbocycles. The van der Waals surface area contributed by atoms with Gasteiger partial charge in [0.1, 0.15) is 5.82 Å². The van der Waals surface area contributed by atoms with Gasteiger partial charge in [-0.3, -0.25) is 4.79 Å². The predicted molar refractivity (Wildman–Crippen MR) is 100 cm³/mol. The molecule has 0 aliphatic rings. The van der Waals surface area contributed by atoms with E-state index >= 15 is 0 Å². The van der Waals surface area contributed by atoms with E-state index in [1.165, 1.54) is 29.2 Å². The van der Waals surface area contributed by atoms with E-state index in [1.54, 1.807) is 18.2 Å². The Kier molecular flexibility index (Phi) is 5.45. The minimum Gasteiger partial charge on any atom is -0.328 e. The number of aryl methyl sites for hydroxylation is 1. The minimum atomic E-state index is -0.352. The van der Waals surface area contributed by atoms with Crippen molar-refractivity contribution >= 4 is 39.7 Å². The fourth-order valence-corrected chi connectivity index (χ4v) is 4.13. The third kappa shape index (κ3) is 4.43. The van der Waals surface area contributed by atoms with Gasteiger partial charge in [0, 0.05) is 5.56 Å². The average molecular weight is 373 g/mol. The van der Waals surface area contributed by atoms with Crippen LogP contribution in [0.5, 0.6) is 0 Å². The van der Waals surface area contributed by atoms with Gasteiger partial charge in [-0.1, -0.05) is 65.1 Å². The zero-order valence-electron chi connectivity index (χ0n) is 13.7. The molecule has 0 unspecified atom stereocenters. The van der Waals surface area contributed by atoms with Crippen molar-refractivity contribution in [1.29, 1.82) is 0 Å². The van der Waals surface area contributed by atoms with E-state index < -0.39 is 0 Å². The Balaban J connectivity index is 1.65. The lowest BCUT2D eigenvalue weighted by Crippen LogP contribution is -2.13. The minimum absolute atomic E-state index is 0.0452. The lowest BCUT2D eigenvalue weighted by Gasteiger charge is -2.08. The number of hydrogen-bond donors (Lipinski definition) is 1. The number of thioether (sulfide) groups is 1. The van der Waals surface area contributed by atoms with E-state index in [4.69, 9.17) is 0 Å². The van der Waals surface area contributed by atoms with Crippen LogP contribution >= 0.6 is 23.1 Å². The molecule has 7 heteroatoms. The van der Waals surface area contributed by atoms with Crippen LogP contribution in [-0.2, 0) is 0 Å². The number of aromatic nitrogens is 2. The number of carbonyl (C=O) groups excluding carboxylic acids is 1. The van der Waals surface area contributed by atoms with Crippen molar-refractivity contribution < 1.29 is 9.18 Å². The molecule has 1 N–H and O–H groups in total. The van der Waals surface area contributed by atoms with E-state index in [1.807, 2.05) is 38.1 Å². The molecule has 0 aliphatic carbocycles. The summed E-state index contributed by atoms with van der Waals surface area (Å²) in [5.74, 6) is -0.307. The summed E-state index contributed by atoms with van der Waals surface area (Å²) in [5, 5.41) is 11.2. The molecule has 1 atom stereocenters. The van der Waals surface area contributed by atoms with E-state index in [-0.39, 0.29) is 16.9 Å². The average Bonchev–Trinajstić information content (AvgIpc) is 3.04. The zero-order valence-corrected chi connectivity index (χ0v) is 15.3. The first-order chi connectivity index (χ1) is 12.0. The van der Waals surface area contributed by atoms with Gasteiger partial charge in [-0.05, 0) is 26.0 Å². The summed E-state index contributed by atoms with van der Waals surface area (Å²) in [5.41, 5.74) is 2.14. The van der Waals surface area contributed by atoms with Crippen molar-refractivity contribution in [3.05, 3.63) is 65.5 Å². The van der Waals surface area contributed by atoms with Crippen LogP contribution in [0.2, 0.25) is 0 Å². The molecule has 0 aliphatic heterocycles. The highest BCUT2D eigenvalue weighted by Gasteiger charge is 2.19. The molecular weight excluding hydrogens is 357 g/mol. The molecule has 3 aromatic rings. The van der Waals surface area contributed by atoms with Crippen molar-refractivity contribution in [2.24, 2.45) is 0 Å². The summed E-state index contributed by atoms with van der Waals surface area (Å²) < 4.78 is 14.3. The van der Waals surface area contributed by atoms with Crippen LogP contribution in [0.1, 0.15) is 22.8 Å². The fourth-order valence-electron chi connectivity index (χ4n) is 2.14. The molecule has 0 bridgehead atoms. The van der Waals surface area contributed by atoms with Crippen LogP contribution < -0.4 is 5.32 Å². The maximum atomic E-state index is 13.7. The van der Waals surface area contributed by atoms with E-state index in [0.29, 0.717) is 20.7 Å². The van der Waals surface area contributed by atoms with Gasteiger partial charge in [-0.25, -0.2) is 4.39 Å². The van der Waals surface area contributed by atoms with Gasteiger partial charge in [0.2, 0.25) is 5.13 Å². The number of halogens is 1. The SMILES string of the molecule is Cc1ccc(C(=O)[C@H](C)Sc2nnc(Nc3ccccc3F)s2)cc1. The normalized spacial score (nSPS) is 12.0. The summed E-state index contributed by atoms with van der Waals surface area (Å²) in [6.07, 6.45) is 0. The largest absolute Gasteiger partial charge is 0.328 e. The second-order valence-corrected chi connectivity index (χ2v) is 8.03. The van der Waals surface area contributed by atoms with Gasteiger partial charge in [0.25, 0.3) is 0 Å². The van der Waals surface area contributed by atoms with E-state index in [2.05, 4.69) is 15.5 Å². The molecule has 0 saturated heterocycles. The van der Waals surface area contributed by atoms with Crippen LogP contribution in [0.15, 0.2) is 52.9 Å². The van der Waals surface area contributed by atoms with Crippen molar-refractivity contribution in [2.45, 2.75) is 23.4 Å². The maximum absolute atomic E-state index is 13.7. The standard InChI is InChI=1S/C18H16FN3OS2/c1-11-7-9-13(10-8-11)16(23)12(2)24-18-22-21-17(25-18)20-15-6-4-3-5-14(15)19/h3-10,12H,1-2H3,(H,20,21)/t12-/m0/s1. The molecule has 1 aromatic heterocycles. The summed E-state index contributed by atoms with van der Waals surface area (Å²) in [6.45, 7) is 3.83. The first-order valence-electron chi connectivity index (χ1n) is 7.65. The maximum Gasteiger partial charge on any atom is 0.210 e. The van der Waals surface area contributed by atoms with Gasteiger partial charge >= 0.3 is 0 Å². The molecular formula is C18H16FN3OS2. The number of anilines is 2.